The van der Waals surface area contributed by atoms with E-state index in [0.717, 1.165) is 10.9 Å². The lowest BCUT2D eigenvalue weighted by atomic mass is 10.6. The fraction of sp³-hybridized carbons (Fsp3) is 0.375. The normalized spacial score (nSPS) is 11.2. The maximum Gasteiger partial charge on any atom is 0.167 e. The second-order valence-corrected chi connectivity index (χ2v) is 3.55. The lowest BCUT2D eigenvalue weighted by Crippen LogP contribution is -1.88. The van der Waals surface area contributed by atoms with Gasteiger partial charge in [-0.25, -0.2) is 4.98 Å². The molecular weight excluding hydrogens is 192 g/mol. The summed E-state index contributed by atoms with van der Waals surface area (Å²) in [5.74, 6) is 1.51. The summed E-state index contributed by atoms with van der Waals surface area (Å²) in [5.41, 5.74) is 0. The molecule has 1 aromatic heterocycles. The number of aromatic nitrogens is 2. The highest BCUT2D eigenvalue weighted by molar-refractivity contribution is 7.99. The molecule has 0 aliphatic rings. The molecule has 1 aromatic rings. The number of alkyl halides is 1. The number of rotatable bonds is 4. The van der Waals surface area contributed by atoms with E-state index in [1.165, 1.54) is 0 Å². The molecule has 0 saturated carbocycles. The predicted octanol–water partition coefficient (Wildman–Crippen LogP) is 2.31. The van der Waals surface area contributed by atoms with E-state index in [1.54, 1.807) is 18.0 Å². The highest BCUT2D eigenvalue weighted by Crippen LogP contribution is 2.13. The van der Waals surface area contributed by atoms with Crippen LogP contribution in [-0.2, 0) is 7.05 Å². The Balaban J connectivity index is 2.33. The van der Waals surface area contributed by atoms with Gasteiger partial charge in [-0.15, -0.1) is 11.6 Å². The number of hydrogen-bond acceptors (Lipinski definition) is 2. The van der Waals surface area contributed by atoms with Gasteiger partial charge in [-0.3, -0.25) is 0 Å². The van der Waals surface area contributed by atoms with Crippen LogP contribution in [-0.4, -0.2) is 21.2 Å². The third kappa shape index (κ3) is 2.91. The summed E-state index contributed by atoms with van der Waals surface area (Å²) in [6.45, 7) is 0. The van der Waals surface area contributed by atoms with E-state index in [1.807, 2.05) is 30.0 Å². The first kappa shape index (κ1) is 9.68. The Bertz CT molecular complexity index is 257. The maximum absolute atomic E-state index is 5.48. The maximum atomic E-state index is 5.48. The molecular formula is C8H11ClN2S. The summed E-state index contributed by atoms with van der Waals surface area (Å²) in [6, 6.07) is 0. The van der Waals surface area contributed by atoms with Crippen LogP contribution in [0.2, 0.25) is 0 Å². The highest BCUT2D eigenvalue weighted by Gasteiger charge is 1.95. The number of aryl methyl sites for hydroxylation is 1. The van der Waals surface area contributed by atoms with Crippen LogP contribution in [0.4, 0.5) is 0 Å². The van der Waals surface area contributed by atoms with Gasteiger partial charge in [-0.1, -0.05) is 23.9 Å². The zero-order chi connectivity index (χ0) is 8.81. The minimum atomic E-state index is 0.584. The van der Waals surface area contributed by atoms with E-state index in [-0.39, 0.29) is 0 Å². The molecule has 1 heterocycles. The first-order valence-electron chi connectivity index (χ1n) is 3.65. The van der Waals surface area contributed by atoms with Crippen molar-refractivity contribution in [3.8, 4) is 0 Å². The van der Waals surface area contributed by atoms with Crippen LogP contribution in [0.1, 0.15) is 0 Å². The molecule has 4 heteroatoms. The molecule has 0 bridgehead atoms. The van der Waals surface area contributed by atoms with Crippen LogP contribution < -0.4 is 0 Å². The molecule has 0 radical (unpaired) electrons. The summed E-state index contributed by atoms with van der Waals surface area (Å²) < 4.78 is 2.00. The van der Waals surface area contributed by atoms with E-state index in [9.17, 15) is 0 Å². The largest absolute Gasteiger partial charge is 0.329 e. The lowest BCUT2D eigenvalue weighted by Gasteiger charge is -1.96. The molecule has 0 atom stereocenters. The predicted molar refractivity (Wildman–Crippen MR) is 53.8 cm³/mol. The summed E-state index contributed by atoms with van der Waals surface area (Å²) in [7, 11) is 1.99. The van der Waals surface area contributed by atoms with Crippen LogP contribution >= 0.6 is 23.4 Å². The van der Waals surface area contributed by atoms with Gasteiger partial charge in [0.15, 0.2) is 5.16 Å². The van der Waals surface area contributed by atoms with E-state index < -0.39 is 0 Å². The molecule has 66 valence electrons. The van der Waals surface area contributed by atoms with Gasteiger partial charge in [0.1, 0.15) is 0 Å². The monoisotopic (exact) mass is 202 g/mol. The standard InChI is InChI=1S/C8H11ClN2S/c1-11-6-5-10-8(11)12-7-3-2-4-9/h2-3,5-6H,4,7H2,1H3. The fourth-order valence-corrected chi connectivity index (χ4v) is 1.65. The molecule has 12 heavy (non-hydrogen) atoms. The van der Waals surface area contributed by atoms with Crippen molar-refractivity contribution < 1.29 is 0 Å². The van der Waals surface area contributed by atoms with Gasteiger partial charge in [0.05, 0.1) is 0 Å². The molecule has 0 saturated heterocycles. The Labute approximate surface area is 81.6 Å². The minimum absolute atomic E-state index is 0.584. The average Bonchev–Trinajstić information content (AvgIpc) is 2.46. The average molecular weight is 203 g/mol. The van der Waals surface area contributed by atoms with Crippen LogP contribution in [0.3, 0.4) is 0 Å². The Kier molecular flexibility index (Phi) is 4.25. The minimum Gasteiger partial charge on any atom is -0.329 e. The Morgan fingerprint density at radius 3 is 3.08 bits per heavy atom. The molecule has 0 unspecified atom stereocenters. The van der Waals surface area contributed by atoms with Crippen molar-refractivity contribution in [2.24, 2.45) is 7.05 Å². The number of imidazole rings is 1. The van der Waals surface area contributed by atoms with Crippen molar-refractivity contribution in [2.45, 2.75) is 5.16 Å². The Morgan fingerprint density at radius 2 is 2.50 bits per heavy atom. The van der Waals surface area contributed by atoms with Crippen LogP contribution in [0, 0.1) is 0 Å². The van der Waals surface area contributed by atoms with E-state index in [4.69, 9.17) is 11.6 Å². The number of nitrogens with zero attached hydrogens (tertiary/aromatic N) is 2. The first-order valence-corrected chi connectivity index (χ1v) is 5.17. The SMILES string of the molecule is Cn1ccnc1SCC=CCCl. The van der Waals surface area contributed by atoms with Crippen molar-refractivity contribution in [2.75, 3.05) is 11.6 Å². The fourth-order valence-electron chi connectivity index (χ4n) is 0.745. The second kappa shape index (κ2) is 5.27. The zero-order valence-electron chi connectivity index (χ0n) is 6.90. The van der Waals surface area contributed by atoms with Crippen molar-refractivity contribution >= 4 is 23.4 Å². The number of halogens is 1. The van der Waals surface area contributed by atoms with Gasteiger partial charge in [-0.2, -0.15) is 0 Å². The van der Waals surface area contributed by atoms with E-state index in [2.05, 4.69) is 4.98 Å². The van der Waals surface area contributed by atoms with E-state index in [0.29, 0.717) is 5.88 Å². The van der Waals surface area contributed by atoms with Gasteiger partial charge in [0, 0.05) is 31.1 Å². The molecule has 0 N–H and O–H groups in total. The number of allylic oxidation sites excluding steroid dienone is 1. The van der Waals surface area contributed by atoms with Crippen LogP contribution in [0.15, 0.2) is 29.7 Å². The molecule has 0 aromatic carbocycles. The molecule has 2 nitrogen and oxygen atoms in total. The molecule has 0 fully saturated rings. The number of thioether (sulfide) groups is 1. The molecule has 0 aliphatic heterocycles. The van der Waals surface area contributed by atoms with Gasteiger partial charge >= 0.3 is 0 Å². The summed E-state index contributed by atoms with van der Waals surface area (Å²) >= 11 is 7.18. The van der Waals surface area contributed by atoms with Crippen LogP contribution in [0.5, 0.6) is 0 Å². The lowest BCUT2D eigenvalue weighted by molar-refractivity contribution is 0.791. The Hall–Kier alpha value is -0.410. The van der Waals surface area contributed by atoms with Gasteiger partial charge < -0.3 is 4.57 Å². The molecule has 0 aliphatic carbocycles. The van der Waals surface area contributed by atoms with Crippen molar-refractivity contribution in [3.63, 3.8) is 0 Å². The molecule has 0 spiro atoms. The van der Waals surface area contributed by atoms with Gasteiger partial charge in [0.25, 0.3) is 0 Å². The van der Waals surface area contributed by atoms with Crippen molar-refractivity contribution in [1.82, 2.24) is 9.55 Å². The molecule has 0 amide bonds. The highest BCUT2D eigenvalue weighted by atomic mass is 35.5. The topological polar surface area (TPSA) is 17.8 Å². The summed E-state index contributed by atoms with van der Waals surface area (Å²) in [6.07, 6.45) is 7.73. The third-order valence-electron chi connectivity index (χ3n) is 1.34. The van der Waals surface area contributed by atoms with Gasteiger partial charge in [-0.05, 0) is 0 Å². The van der Waals surface area contributed by atoms with Gasteiger partial charge in [0.2, 0.25) is 0 Å². The van der Waals surface area contributed by atoms with Crippen molar-refractivity contribution in [1.29, 1.82) is 0 Å². The zero-order valence-corrected chi connectivity index (χ0v) is 8.48. The number of hydrogen-bond donors (Lipinski definition) is 0. The quantitative estimate of drug-likeness (QED) is 0.424. The molecule has 1 rings (SSSR count). The first-order chi connectivity index (χ1) is 5.84. The third-order valence-corrected chi connectivity index (χ3v) is 2.53. The second-order valence-electron chi connectivity index (χ2n) is 2.26. The van der Waals surface area contributed by atoms with E-state index >= 15 is 0 Å². The summed E-state index contributed by atoms with van der Waals surface area (Å²) in [5, 5.41) is 1.04. The smallest absolute Gasteiger partial charge is 0.167 e. The summed E-state index contributed by atoms with van der Waals surface area (Å²) in [4.78, 5) is 4.17. The van der Waals surface area contributed by atoms with Crippen molar-refractivity contribution in [3.05, 3.63) is 24.5 Å². The Morgan fingerprint density at radius 1 is 1.67 bits per heavy atom. The van der Waals surface area contributed by atoms with Crippen LogP contribution in [0.25, 0.3) is 0 Å².